The number of hydrogen-bond donors (Lipinski definition) is 0. The number of carboxylic acid groups (broad SMARTS) is 1. The Balaban J connectivity index is 0.000000425. The van der Waals surface area contributed by atoms with E-state index < -0.39 is 5.97 Å². The first kappa shape index (κ1) is 20.2. The van der Waals surface area contributed by atoms with E-state index in [1.807, 2.05) is 36.7 Å². The van der Waals surface area contributed by atoms with E-state index in [1.54, 1.807) is 7.11 Å². The summed E-state index contributed by atoms with van der Waals surface area (Å²) in [6.45, 7) is 6.64. The van der Waals surface area contributed by atoms with Crippen molar-refractivity contribution in [3.8, 4) is 0 Å². The maximum absolute atomic E-state index is 9.93. The lowest BCUT2D eigenvalue weighted by Crippen LogP contribution is -2.30. The van der Waals surface area contributed by atoms with Gasteiger partial charge >= 0.3 is 0 Å². The average Bonchev–Trinajstić information content (AvgIpc) is 2.52. The van der Waals surface area contributed by atoms with Gasteiger partial charge in [0.25, 0.3) is 0 Å². The summed E-state index contributed by atoms with van der Waals surface area (Å²) < 4.78 is 16.8. The summed E-state index contributed by atoms with van der Waals surface area (Å²) in [7, 11) is 1.60. The number of aliphatic carboxylic acids is 1. The van der Waals surface area contributed by atoms with Gasteiger partial charge in [0.05, 0.1) is 33.0 Å². The average molecular weight is 311 g/mol. The number of aromatic nitrogens is 1. The normalized spacial score (nSPS) is 9.68. The minimum Gasteiger partial charge on any atom is -0.550 e. The number of rotatable bonds is 11. The molecule has 0 aliphatic carbocycles. The molecule has 0 unspecified atom stereocenters. The van der Waals surface area contributed by atoms with Gasteiger partial charge in [0.1, 0.15) is 0 Å². The Morgan fingerprint density at radius 1 is 1.09 bits per heavy atom. The molecule has 0 N–H and O–H groups in total. The highest BCUT2D eigenvalue weighted by molar-refractivity contribution is 5.64. The van der Waals surface area contributed by atoms with Crippen LogP contribution < -0.4 is 9.67 Å². The molecule has 0 atom stereocenters. The SMILES string of the molecule is C=CC[n+]1ccccc1.COCCOCCOCCC(=O)[O-]. The number of carbonyl (C=O) groups excluding carboxylic acids is 1. The van der Waals surface area contributed by atoms with E-state index in [0.717, 1.165) is 6.54 Å². The molecule has 6 heteroatoms. The van der Waals surface area contributed by atoms with Gasteiger partial charge in [-0.15, -0.1) is 0 Å². The summed E-state index contributed by atoms with van der Waals surface area (Å²) in [6, 6.07) is 6.01. The highest BCUT2D eigenvalue weighted by atomic mass is 16.5. The monoisotopic (exact) mass is 311 g/mol. The predicted octanol–water partition coefficient (Wildman–Crippen LogP) is -0.0339. The molecule has 0 radical (unpaired) electrons. The number of nitrogens with zero attached hydrogens (tertiary/aromatic N) is 1. The van der Waals surface area contributed by atoms with Gasteiger partial charge in [0.2, 0.25) is 0 Å². The molecule has 0 amide bonds. The summed E-state index contributed by atoms with van der Waals surface area (Å²) in [5.74, 6) is -1.10. The van der Waals surface area contributed by atoms with Crippen LogP contribution in [0.1, 0.15) is 6.42 Å². The van der Waals surface area contributed by atoms with E-state index >= 15 is 0 Å². The lowest BCUT2D eigenvalue weighted by Gasteiger charge is -2.05. The number of hydrogen-bond acceptors (Lipinski definition) is 5. The van der Waals surface area contributed by atoms with Crippen LogP contribution in [0.2, 0.25) is 0 Å². The molecule has 22 heavy (non-hydrogen) atoms. The van der Waals surface area contributed by atoms with Crippen LogP contribution >= 0.6 is 0 Å². The summed E-state index contributed by atoms with van der Waals surface area (Å²) in [5.41, 5.74) is 0. The quantitative estimate of drug-likeness (QED) is 0.326. The van der Waals surface area contributed by atoms with Gasteiger partial charge in [-0.1, -0.05) is 12.6 Å². The third-order valence-electron chi connectivity index (χ3n) is 2.37. The number of ether oxygens (including phenoxy) is 3. The number of allylic oxidation sites excluding steroid dienone is 1. The van der Waals surface area contributed by atoms with Crippen molar-refractivity contribution in [2.24, 2.45) is 0 Å². The van der Waals surface area contributed by atoms with Crippen molar-refractivity contribution in [3.05, 3.63) is 43.2 Å². The molecular formula is C16H25NO5. The zero-order chi connectivity index (χ0) is 16.5. The van der Waals surface area contributed by atoms with Crippen molar-refractivity contribution < 1.29 is 28.7 Å². The van der Waals surface area contributed by atoms with Crippen LogP contribution in [0.5, 0.6) is 0 Å². The van der Waals surface area contributed by atoms with E-state index in [9.17, 15) is 9.90 Å². The van der Waals surface area contributed by atoms with Crippen LogP contribution in [-0.4, -0.2) is 46.1 Å². The molecule has 1 heterocycles. The summed E-state index contributed by atoms with van der Waals surface area (Å²) in [4.78, 5) is 9.93. The van der Waals surface area contributed by atoms with Crippen molar-refractivity contribution in [2.75, 3.05) is 40.1 Å². The number of pyridine rings is 1. The second-order valence-electron chi connectivity index (χ2n) is 4.20. The molecule has 1 rings (SSSR count). The molecule has 0 saturated carbocycles. The Morgan fingerprint density at radius 2 is 1.68 bits per heavy atom. The van der Waals surface area contributed by atoms with Crippen molar-refractivity contribution in [1.82, 2.24) is 0 Å². The van der Waals surface area contributed by atoms with Crippen LogP contribution in [0, 0.1) is 0 Å². The number of methoxy groups -OCH3 is 1. The van der Waals surface area contributed by atoms with Gasteiger partial charge in [-0.25, -0.2) is 4.57 Å². The fourth-order valence-electron chi connectivity index (χ4n) is 1.32. The van der Waals surface area contributed by atoms with Gasteiger partial charge in [0.15, 0.2) is 18.9 Å². The Bertz CT molecular complexity index is 383. The minimum absolute atomic E-state index is 0.0714. The van der Waals surface area contributed by atoms with E-state index in [-0.39, 0.29) is 13.0 Å². The number of carboxylic acids is 1. The minimum atomic E-state index is -1.10. The molecule has 1 aromatic rings. The van der Waals surface area contributed by atoms with Gasteiger partial charge in [0, 0.05) is 31.6 Å². The summed E-state index contributed by atoms with van der Waals surface area (Å²) in [6.07, 6.45) is 5.83. The van der Waals surface area contributed by atoms with Gasteiger partial charge in [-0.05, 0) is 6.08 Å². The first-order valence-corrected chi connectivity index (χ1v) is 7.10. The van der Waals surface area contributed by atoms with Crippen molar-refractivity contribution in [2.45, 2.75) is 13.0 Å². The van der Waals surface area contributed by atoms with E-state index in [2.05, 4.69) is 11.1 Å². The van der Waals surface area contributed by atoms with Gasteiger partial charge < -0.3 is 24.1 Å². The molecule has 6 nitrogen and oxygen atoms in total. The second kappa shape index (κ2) is 15.6. The smallest absolute Gasteiger partial charge is 0.169 e. The van der Waals surface area contributed by atoms with Crippen LogP contribution in [0.25, 0.3) is 0 Å². The first-order chi connectivity index (χ1) is 10.7. The molecule has 1 aromatic heterocycles. The molecule has 0 saturated heterocycles. The lowest BCUT2D eigenvalue weighted by molar-refractivity contribution is -0.687. The molecule has 0 bridgehead atoms. The van der Waals surface area contributed by atoms with E-state index in [0.29, 0.717) is 26.4 Å². The Hall–Kier alpha value is -1.76. The first-order valence-electron chi connectivity index (χ1n) is 7.10. The third-order valence-corrected chi connectivity index (χ3v) is 2.37. The van der Waals surface area contributed by atoms with Gasteiger partial charge in [-0.2, -0.15) is 0 Å². The fourth-order valence-corrected chi connectivity index (χ4v) is 1.32. The highest BCUT2D eigenvalue weighted by Gasteiger charge is 1.90. The van der Waals surface area contributed by atoms with Crippen LogP contribution in [0.15, 0.2) is 43.2 Å². The molecular weight excluding hydrogens is 286 g/mol. The maximum Gasteiger partial charge on any atom is 0.169 e. The lowest BCUT2D eigenvalue weighted by atomic mass is 10.5. The zero-order valence-electron chi connectivity index (χ0n) is 13.1. The number of carbonyl (C=O) groups is 1. The molecule has 0 aromatic carbocycles. The van der Waals surface area contributed by atoms with Crippen LogP contribution in [0.3, 0.4) is 0 Å². The van der Waals surface area contributed by atoms with E-state index in [4.69, 9.17) is 14.2 Å². The molecule has 0 aliphatic rings. The van der Waals surface area contributed by atoms with Crippen molar-refractivity contribution in [1.29, 1.82) is 0 Å². The standard InChI is InChI=1S/C8H10N.C8H16O5/c1-2-6-9-7-4-3-5-8-9;1-11-4-5-13-7-6-12-3-2-8(9)10/h2-5,7-8H,1,6H2;2-7H2,1H3,(H,9,10)/q+1;/p-1. The maximum atomic E-state index is 9.93. The Morgan fingerprint density at radius 3 is 2.23 bits per heavy atom. The molecule has 124 valence electrons. The van der Waals surface area contributed by atoms with Crippen molar-refractivity contribution in [3.63, 3.8) is 0 Å². The fraction of sp³-hybridized carbons (Fsp3) is 0.500. The summed E-state index contributed by atoms with van der Waals surface area (Å²) in [5, 5.41) is 9.93. The molecule has 0 aliphatic heterocycles. The van der Waals surface area contributed by atoms with Gasteiger partial charge in [-0.3, -0.25) is 0 Å². The highest BCUT2D eigenvalue weighted by Crippen LogP contribution is 1.82. The Labute approximate surface area is 131 Å². The van der Waals surface area contributed by atoms with Crippen molar-refractivity contribution >= 4 is 5.97 Å². The molecule has 0 fully saturated rings. The predicted molar refractivity (Wildman–Crippen MR) is 80.0 cm³/mol. The Kier molecular flexibility index (Phi) is 14.4. The third kappa shape index (κ3) is 14.6. The topological polar surface area (TPSA) is 71.7 Å². The van der Waals surface area contributed by atoms with E-state index in [1.165, 1.54) is 0 Å². The summed E-state index contributed by atoms with van der Waals surface area (Å²) >= 11 is 0. The molecule has 0 spiro atoms. The van der Waals surface area contributed by atoms with Crippen LogP contribution in [0.4, 0.5) is 0 Å². The van der Waals surface area contributed by atoms with Crippen LogP contribution in [-0.2, 0) is 25.5 Å². The largest absolute Gasteiger partial charge is 0.550 e. The second-order valence-corrected chi connectivity index (χ2v) is 4.20. The zero-order valence-corrected chi connectivity index (χ0v) is 13.1.